The van der Waals surface area contributed by atoms with Crippen LogP contribution in [0.2, 0.25) is 5.02 Å². The van der Waals surface area contributed by atoms with Gasteiger partial charge in [0.15, 0.2) is 0 Å². The van der Waals surface area contributed by atoms with Gasteiger partial charge in [-0.1, -0.05) is 11.6 Å². The van der Waals surface area contributed by atoms with E-state index in [4.69, 9.17) is 11.6 Å². The zero-order valence-electron chi connectivity index (χ0n) is 9.25. The Bertz CT molecular complexity index is 619. The van der Waals surface area contributed by atoms with Gasteiger partial charge < -0.3 is 4.57 Å². The zero-order valence-corrected chi connectivity index (χ0v) is 10.0. The van der Waals surface area contributed by atoms with Gasteiger partial charge in [-0.15, -0.1) is 0 Å². The van der Waals surface area contributed by atoms with Crippen molar-refractivity contribution in [3.05, 3.63) is 29.0 Å². The van der Waals surface area contributed by atoms with Crippen LogP contribution in [0, 0.1) is 0 Å². The number of rotatable bonds is 2. The van der Waals surface area contributed by atoms with E-state index in [0.717, 1.165) is 0 Å². The van der Waals surface area contributed by atoms with Crippen LogP contribution in [0.15, 0.2) is 18.2 Å². The van der Waals surface area contributed by atoms with Gasteiger partial charge in [0.05, 0.1) is 17.5 Å². The molecule has 0 amide bonds. The summed E-state index contributed by atoms with van der Waals surface area (Å²) in [6, 6.07) is 4.80. The zero-order chi connectivity index (χ0) is 13.5. The highest BCUT2D eigenvalue weighted by Gasteiger charge is 2.38. The highest BCUT2D eigenvalue weighted by molar-refractivity contribution is 6.31. The van der Waals surface area contributed by atoms with Gasteiger partial charge in [-0.3, -0.25) is 4.79 Å². The summed E-state index contributed by atoms with van der Waals surface area (Å²) in [5.74, 6) is -1.75. The number of Topliss-reactive ketones (excluding diaryl/α,β-unsaturated/α-hetero) is 1. The molecule has 0 fully saturated rings. The molecule has 7 heteroatoms. The van der Waals surface area contributed by atoms with Gasteiger partial charge in [0.1, 0.15) is 5.82 Å². The minimum atomic E-state index is -4.84. The Hall–Kier alpha value is -1.56. The van der Waals surface area contributed by atoms with Crippen LogP contribution < -0.4 is 0 Å². The minimum absolute atomic E-state index is 0.0644. The maximum Gasteiger partial charge on any atom is 0.450 e. The second-order valence-corrected chi connectivity index (χ2v) is 4.25. The van der Waals surface area contributed by atoms with Crippen LogP contribution in [0.5, 0.6) is 0 Å². The SMILES string of the molecule is Cn1c(CC(=O)C(F)(F)F)nc2cc(Cl)ccc21. The van der Waals surface area contributed by atoms with Crippen LogP contribution in [0.4, 0.5) is 13.2 Å². The first-order valence-corrected chi connectivity index (χ1v) is 5.37. The van der Waals surface area contributed by atoms with Crippen molar-refractivity contribution in [3.63, 3.8) is 0 Å². The van der Waals surface area contributed by atoms with Gasteiger partial charge in [-0.2, -0.15) is 13.2 Å². The Morgan fingerprint density at radius 3 is 2.72 bits per heavy atom. The topological polar surface area (TPSA) is 34.9 Å². The lowest BCUT2D eigenvalue weighted by Crippen LogP contribution is -2.25. The second kappa shape index (κ2) is 4.28. The third-order valence-corrected chi connectivity index (χ3v) is 2.81. The number of hydrogen-bond acceptors (Lipinski definition) is 2. The lowest BCUT2D eigenvalue weighted by Gasteiger charge is -2.05. The number of imidazole rings is 1. The molecule has 0 saturated carbocycles. The molecule has 0 aliphatic heterocycles. The van der Waals surface area contributed by atoms with E-state index < -0.39 is 18.4 Å². The molecule has 3 nitrogen and oxygen atoms in total. The van der Waals surface area contributed by atoms with Crippen molar-refractivity contribution in [2.45, 2.75) is 12.6 Å². The molecule has 96 valence electrons. The molecule has 0 N–H and O–H groups in total. The second-order valence-electron chi connectivity index (χ2n) is 3.82. The van der Waals surface area contributed by atoms with E-state index in [1.807, 2.05) is 0 Å². The summed E-state index contributed by atoms with van der Waals surface area (Å²) in [5.41, 5.74) is 1.10. The quantitative estimate of drug-likeness (QED) is 0.845. The number of hydrogen-bond donors (Lipinski definition) is 0. The summed E-state index contributed by atoms with van der Waals surface area (Å²) < 4.78 is 38.0. The van der Waals surface area contributed by atoms with Gasteiger partial charge in [0.2, 0.25) is 5.78 Å². The van der Waals surface area contributed by atoms with E-state index in [1.165, 1.54) is 4.57 Å². The molecule has 1 aromatic carbocycles. The standard InChI is InChI=1S/C11H8ClF3N2O/c1-17-8-3-2-6(12)4-7(8)16-10(17)5-9(18)11(13,14)15/h2-4H,5H2,1H3. The van der Waals surface area contributed by atoms with Gasteiger partial charge in [-0.05, 0) is 18.2 Å². The molecule has 0 atom stereocenters. The lowest BCUT2D eigenvalue weighted by molar-refractivity contribution is -0.170. The van der Waals surface area contributed by atoms with Gasteiger partial charge in [-0.25, -0.2) is 4.98 Å². The number of carbonyl (C=O) groups excluding carboxylic acids is 1. The van der Waals surface area contributed by atoms with Crippen molar-refractivity contribution in [2.75, 3.05) is 0 Å². The first-order valence-electron chi connectivity index (χ1n) is 5.00. The molecule has 0 unspecified atom stereocenters. The van der Waals surface area contributed by atoms with Crippen molar-refractivity contribution in [3.8, 4) is 0 Å². The van der Waals surface area contributed by atoms with Crippen molar-refractivity contribution in [2.24, 2.45) is 7.05 Å². The molecule has 0 spiro atoms. The number of ketones is 1. The number of alkyl halides is 3. The molecule has 0 aliphatic carbocycles. The van der Waals surface area contributed by atoms with Crippen LogP contribution in [0.1, 0.15) is 5.82 Å². The van der Waals surface area contributed by atoms with E-state index in [9.17, 15) is 18.0 Å². The number of nitrogens with zero attached hydrogens (tertiary/aromatic N) is 2. The number of aryl methyl sites for hydroxylation is 1. The van der Waals surface area contributed by atoms with E-state index in [-0.39, 0.29) is 5.82 Å². The molecular formula is C11H8ClF3N2O. The molecule has 1 aromatic heterocycles. The van der Waals surface area contributed by atoms with E-state index in [2.05, 4.69) is 4.98 Å². The fourth-order valence-electron chi connectivity index (χ4n) is 1.62. The van der Waals surface area contributed by atoms with Crippen LogP contribution in [0.3, 0.4) is 0 Å². The number of benzene rings is 1. The summed E-state index contributed by atoms with van der Waals surface area (Å²) >= 11 is 5.76. The lowest BCUT2D eigenvalue weighted by atomic mass is 10.2. The first-order chi connectivity index (χ1) is 8.29. The number of fused-ring (bicyclic) bond motifs is 1. The third-order valence-electron chi connectivity index (χ3n) is 2.57. The first kappa shape index (κ1) is 12.9. The summed E-state index contributed by atoms with van der Waals surface area (Å²) in [5, 5.41) is 0.439. The normalized spacial score (nSPS) is 12.1. The summed E-state index contributed by atoms with van der Waals surface area (Å²) in [4.78, 5) is 14.9. The maximum absolute atomic E-state index is 12.2. The smallest absolute Gasteiger partial charge is 0.331 e. The Kier molecular flexibility index (Phi) is 3.06. The average Bonchev–Trinajstić information content (AvgIpc) is 2.54. The van der Waals surface area contributed by atoms with Crippen molar-refractivity contribution in [1.29, 1.82) is 0 Å². The van der Waals surface area contributed by atoms with Crippen LogP contribution >= 0.6 is 11.6 Å². The van der Waals surface area contributed by atoms with Crippen molar-refractivity contribution >= 4 is 28.4 Å². The molecule has 0 bridgehead atoms. The van der Waals surface area contributed by atoms with Gasteiger partial charge >= 0.3 is 6.18 Å². The Balaban J connectivity index is 2.41. The molecule has 18 heavy (non-hydrogen) atoms. The molecule has 2 aromatic rings. The highest BCUT2D eigenvalue weighted by Crippen LogP contribution is 2.22. The largest absolute Gasteiger partial charge is 0.450 e. The van der Waals surface area contributed by atoms with Crippen molar-refractivity contribution in [1.82, 2.24) is 9.55 Å². The monoisotopic (exact) mass is 276 g/mol. The molecule has 0 aliphatic rings. The predicted octanol–water partition coefficient (Wildman–Crippen LogP) is 2.90. The molecule has 0 saturated heterocycles. The fraction of sp³-hybridized carbons (Fsp3) is 0.273. The molecule has 1 heterocycles. The van der Waals surface area contributed by atoms with E-state index in [1.54, 1.807) is 25.2 Å². The molecular weight excluding hydrogens is 269 g/mol. The van der Waals surface area contributed by atoms with Crippen LogP contribution in [0.25, 0.3) is 11.0 Å². The Morgan fingerprint density at radius 1 is 1.44 bits per heavy atom. The predicted molar refractivity (Wildman–Crippen MR) is 60.5 cm³/mol. The molecule has 2 rings (SSSR count). The molecule has 0 radical (unpaired) electrons. The highest BCUT2D eigenvalue weighted by atomic mass is 35.5. The Labute approximate surface area is 105 Å². The average molecular weight is 277 g/mol. The van der Waals surface area contributed by atoms with E-state index in [0.29, 0.717) is 16.1 Å². The van der Waals surface area contributed by atoms with Crippen LogP contribution in [-0.2, 0) is 18.3 Å². The fourth-order valence-corrected chi connectivity index (χ4v) is 1.79. The Morgan fingerprint density at radius 2 is 2.11 bits per heavy atom. The number of halogens is 4. The van der Waals surface area contributed by atoms with Gasteiger partial charge in [0, 0.05) is 12.1 Å². The van der Waals surface area contributed by atoms with Crippen molar-refractivity contribution < 1.29 is 18.0 Å². The number of carbonyl (C=O) groups is 1. The van der Waals surface area contributed by atoms with Gasteiger partial charge in [0.25, 0.3) is 0 Å². The number of aromatic nitrogens is 2. The summed E-state index contributed by atoms with van der Waals surface area (Å²) in [6.45, 7) is 0. The van der Waals surface area contributed by atoms with E-state index >= 15 is 0 Å². The van der Waals surface area contributed by atoms with Crippen LogP contribution in [-0.4, -0.2) is 21.5 Å². The third kappa shape index (κ3) is 2.33. The maximum atomic E-state index is 12.2. The minimum Gasteiger partial charge on any atom is -0.331 e. The summed E-state index contributed by atoms with van der Waals surface area (Å²) in [6.07, 6.45) is -5.61. The summed E-state index contributed by atoms with van der Waals surface area (Å²) in [7, 11) is 1.56.